The normalized spacial score (nSPS) is 27.6. The molecule has 1 heteroatoms. The lowest BCUT2D eigenvalue weighted by Gasteiger charge is -2.33. The molecule has 0 amide bonds. The summed E-state index contributed by atoms with van der Waals surface area (Å²) >= 11 is 0. The van der Waals surface area contributed by atoms with Gasteiger partial charge in [-0.1, -0.05) is 37.3 Å². The molecular formula is C13H16O. The Bertz CT molecular complexity index is 328. The first kappa shape index (κ1) is 9.45. The van der Waals surface area contributed by atoms with Crippen LogP contribution in [0.2, 0.25) is 0 Å². The van der Waals surface area contributed by atoms with Crippen molar-refractivity contribution < 1.29 is 4.79 Å². The Morgan fingerprint density at radius 1 is 1.21 bits per heavy atom. The van der Waals surface area contributed by atoms with Crippen LogP contribution in [0.3, 0.4) is 0 Å². The SMILES string of the molecule is CC1(c2ccccc2)CCCC(=O)C1. The van der Waals surface area contributed by atoms with Gasteiger partial charge in [-0.05, 0) is 23.8 Å². The smallest absolute Gasteiger partial charge is 0.133 e. The van der Waals surface area contributed by atoms with E-state index in [9.17, 15) is 4.79 Å². The molecule has 1 unspecified atom stereocenters. The third kappa shape index (κ3) is 1.72. The molecule has 0 radical (unpaired) electrons. The van der Waals surface area contributed by atoms with E-state index < -0.39 is 0 Å². The second kappa shape index (κ2) is 3.56. The lowest BCUT2D eigenvalue weighted by Crippen LogP contribution is -2.29. The second-order valence-corrected chi connectivity index (χ2v) is 4.50. The van der Waals surface area contributed by atoms with Gasteiger partial charge >= 0.3 is 0 Å². The Kier molecular flexibility index (Phi) is 2.40. The van der Waals surface area contributed by atoms with Crippen LogP contribution in [-0.4, -0.2) is 5.78 Å². The minimum Gasteiger partial charge on any atom is -0.300 e. The van der Waals surface area contributed by atoms with E-state index in [-0.39, 0.29) is 5.41 Å². The van der Waals surface area contributed by atoms with Crippen LogP contribution in [0.15, 0.2) is 30.3 Å². The predicted octanol–water partition coefficient (Wildman–Crippen LogP) is 3.09. The van der Waals surface area contributed by atoms with Crippen molar-refractivity contribution in [3.05, 3.63) is 35.9 Å². The lowest BCUT2D eigenvalue weighted by atomic mass is 9.70. The van der Waals surface area contributed by atoms with Crippen molar-refractivity contribution in [1.82, 2.24) is 0 Å². The molecule has 1 atom stereocenters. The maximum absolute atomic E-state index is 11.5. The maximum atomic E-state index is 11.5. The first-order chi connectivity index (χ1) is 6.71. The minimum absolute atomic E-state index is 0.0938. The first-order valence-corrected chi connectivity index (χ1v) is 5.28. The fourth-order valence-electron chi connectivity index (χ4n) is 2.37. The fourth-order valence-corrected chi connectivity index (χ4v) is 2.37. The van der Waals surface area contributed by atoms with E-state index in [1.807, 2.05) is 6.07 Å². The standard InChI is InChI=1S/C13H16O/c1-13(9-5-8-12(14)10-13)11-6-3-2-4-7-11/h2-4,6-7H,5,8-10H2,1H3. The van der Waals surface area contributed by atoms with Crippen LogP contribution in [0.1, 0.15) is 38.2 Å². The highest BCUT2D eigenvalue weighted by molar-refractivity contribution is 5.80. The van der Waals surface area contributed by atoms with E-state index in [1.54, 1.807) is 0 Å². The van der Waals surface area contributed by atoms with Crippen LogP contribution in [0.25, 0.3) is 0 Å². The van der Waals surface area contributed by atoms with Crippen molar-refractivity contribution in [2.45, 2.75) is 38.0 Å². The Morgan fingerprint density at radius 3 is 2.57 bits per heavy atom. The fraction of sp³-hybridized carbons (Fsp3) is 0.462. The molecule has 0 aromatic heterocycles. The first-order valence-electron chi connectivity index (χ1n) is 5.28. The quantitative estimate of drug-likeness (QED) is 0.662. The molecule has 0 heterocycles. The van der Waals surface area contributed by atoms with Crippen molar-refractivity contribution in [3.63, 3.8) is 0 Å². The summed E-state index contributed by atoms with van der Waals surface area (Å²) in [5.41, 5.74) is 1.41. The summed E-state index contributed by atoms with van der Waals surface area (Å²) in [5.74, 6) is 0.419. The van der Waals surface area contributed by atoms with Gasteiger partial charge in [0.2, 0.25) is 0 Å². The van der Waals surface area contributed by atoms with E-state index >= 15 is 0 Å². The summed E-state index contributed by atoms with van der Waals surface area (Å²) in [6, 6.07) is 10.4. The summed E-state index contributed by atoms with van der Waals surface area (Å²) < 4.78 is 0. The molecule has 0 aliphatic heterocycles. The Hall–Kier alpha value is -1.11. The zero-order valence-corrected chi connectivity index (χ0v) is 8.62. The molecule has 1 aliphatic rings. The molecule has 1 aromatic rings. The number of rotatable bonds is 1. The van der Waals surface area contributed by atoms with Crippen molar-refractivity contribution in [2.75, 3.05) is 0 Å². The highest BCUT2D eigenvalue weighted by atomic mass is 16.1. The average Bonchev–Trinajstić information content (AvgIpc) is 2.19. The number of carbonyl (C=O) groups excluding carboxylic acids is 1. The van der Waals surface area contributed by atoms with E-state index in [0.717, 1.165) is 25.7 Å². The molecule has 74 valence electrons. The molecule has 1 saturated carbocycles. The van der Waals surface area contributed by atoms with Gasteiger partial charge in [0.25, 0.3) is 0 Å². The van der Waals surface area contributed by atoms with Crippen LogP contribution in [0, 0.1) is 0 Å². The molecule has 0 bridgehead atoms. The maximum Gasteiger partial charge on any atom is 0.133 e. The predicted molar refractivity (Wildman–Crippen MR) is 57.3 cm³/mol. The Morgan fingerprint density at radius 2 is 1.93 bits per heavy atom. The largest absolute Gasteiger partial charge is 0.300 e. The van der Waals surface area contributed by atoms with Gasteiger partial charge in [0.05, 0.1) is 0 Å². The molecule has 0 spiro atoms. The van der Waals surface area contributed by atoms with Gasteiger partial charge in [0.1, 0.15) is 5.78 Å². The average molecular weight is 188 g/mol. The number of benzene rings is 1. The van der Waals surface area contributed by atoms with Gasteiger partial charge in [-0.3, -0.25) is 4.79 Å². The number of ketones is 1. The zero-order chi connectivity index (χ0) is 10.0. The number of hydrogen-bond acceptors (Lipinski definition) is 1. The summed E-state index contributed by atoms with van der Waals surface area (Å²) in [7, 11) is 0. The van der Waals surface area contributed by atoms with Crippen LogP contribution in [0.4, 0.5) is 0 Å². The third-order valence-electron chi connectivity index (χ3n) is 3.24. The topological polar surface area (TPSA) is 17.1 Å². The molecule has 0 saturated heterocycles. The zero-order valence-electron chi connectivity index (χ0n) is 8.62. The van der Waals surface area contributed by atoms with Crippen molar-refractivity contribution in [2.24, 2.45) is 0 Å². The Labute approximate surface area is 85.1 Å². The summed E-state index contributed by atoms with van der Waals surface area (Å²) in [6.45, 7) is 2.21. The highest BCUT2D eigenvalue weighted by Gasteiger charge is 2.32. The molecule has 1 fully saturated rings. The number of carbonyl (C=O) groups is 1. The van der Waals surface area contributed by atoms with Crippen LogP contribution < -0.4 is 0 Å². The minimum atomic E-state index is 0.0938. The van der Waals surface area contributed by atoms with E-state index in [1.165, 1.54) is 5.56 Å². The van der Waals surface area contributed by atoms with Crippen LogP contribution >= 0.6 is 0 Å². The highest BCUT2D eigenvalue weighted by Crippen LogP contribution is 2.37. The van der Waals surface area contributed by atoms with Crippen LogP contribution in [-0.2, 0) is 10.2 Å². The van der Waals surface area contributed by atoms with Crippen molar-refractivity contribution in [3.8, 4) is 0 Å². The number of hydrogen-bond donors (Lipinski definition) is 0. The van der Waals surface area contributed by atoms with E-state index in [4.69, 9.17) is 0 Å². The second-order valence-electron chi connectivity index (χ2n) is 4.50. The molecule has 2 rings (SSSR count). The lowest BCUT2D eigenvalue weighted by molar-refractivity contribution is -0.121. The van der Waals surface area contributed by atoms with Crippen molar-refractivity contribution >= 4 is 5.78 Å². The third-order valence-corrected chi connectivity index (χ3v) is 3.24. The van der Waals surface area contributed by atoms with Gasteiger partial charge in [-0.2, -0.15) is 0 Å². The van der Waals surface area contributed by atoms with Gasteiger partial charge in [0.15, 0.2) is 0 Å². The van der Waals surface area contributed by atoms with E-state index in [2.05, 4.69) is 31.2 Å². The van der Waals surface area contributed by atoms with Crippen molar-refractivity contribution in [1.29, 1.82) is 0 Å². The summed E-state index contributed by atoms with van der Waals surface area (Å²) in [4.78, 5) is 11.5. The van der Waals surface area contributed by atoms with E-state index in [0.29, 0.717) is 5.78 Å². The van der Waals surface area contributed by atoms with Gasteiger partial charge in [0, 0.05) is 12.8 Å². The molecular weight excluding hydrogens is 172 g/mol. The molecule has 1 aromatic carbocycles. The van der Waals surface area contributed by atoms with Gasteiger partial charge in [-0.25, -0.2) is 0 Å². The van der Waals surface area contributed by atoms with Crippen LogP contribution in [0.5, 0.6) is 0 Å². The summed E-state index contributed by atoms with van der Waals surface area (Å²) in [5, 5.41) is 0. The molecule has 1 nitrogen and oxygen atoms in total. The number of Topliss-reactive ketones (excluding diaryl/α,β-unsaturated/α-hetero) is 1. The van der Waals surface area contributed by atoms with Gasteiger partial charge in [-0.15, -0.1) is 0 Å². The summed E-state index contributed by atoms with van der Waals surface area (Å²) in [6.07, 6.45) is 3.69. The molecule has 14 heavy (non-hydrogen) atoms. The Balaban J connectivity index is 2.27. The monoisotopic (exact) mass is 188 g/mol. The molecule has 0 N–H and O–H groups in total. The molecule has 1 aliphatic carbocycles. The van der Waals surface area contributed by atoms with Gasteiger partial charge < -0.3 is 0 Å².